The highest BCUT2D eigenvalue weighted by Crippen LogP contribution is 2.25. The summed E-state index contributed by atoms with van der Waals surface area (Å²) in [6.45, 7) is 0.615. The van der Waals surface area contributed by atoms with Crippen molar-refractivity contribution in [2.45, 2.75) is 6.54 Å². The van der Waals surface area contributed by atoms with Crippen LogP contribution in [0.1, 0.15) is 5.56 Å². The number of fused-ring (bicyclic) bond motifs is 1. The molecule has 0 spiro atoms. The quantitative estimate of drug-likeness (QED) is 0.602. The summed E-state index contributed by atoms with van der Waals surface area (Å²) in [5.74, 6) is -0.239. The molecule has 0 unspecified atom stereocenters. The van der Waals surface area contributed by atoms with Crippen LogP contribution in [0.2, 0.25) is 5.02 Å². The second-order valence-electron chi connectivity index (χ2n) is 4.36. The largest absolute Gasteiger partial charge is 0.343 e. The SMILES string of the molecule is Fc1cccc(Cn2ccc3cc(Cl)ccc32)c1Br. The zero-order valence-corrected chi connectivity index (χ0v) is 12.2. The molecule has 0 aliphatic rings. The second kappa shape index (κ2) is 4.99. The Balaban J connectivity index is 2.04. The van der Waals surface area contributed by atoms with E-state index >= 15 is 0 Å². The third kappa shape index (κ3) is 2.40. The molecule has 4 heteroatoms. The van der Waals surface area contributed by atoms with Crippen LogP contribution in [-0.4, -0.2) is 4.57 Å². The summed E-state index contributed by atoms with van der Waals surface area (Å²) in [6.07, 6.45) is 1.98. The standard InChI is InChI=1S/C15H10BrClFN/c16-15-11(2-1-3-13(15)18)9-19-7-6-10-8-12(17)4-5-14(10)19/h1-8H,9H2. The molecule has 3 rings (SSSR count). The van der Waals surface area contributed by atoms with Crippen LogP contribution in [0.3, 0.4) is 0 Å². The minimum Gasteiger partial charge on any atom is -0.343 e. The van der Waals surface area contributed by atoms with E-state index in [-0.39, 0.29) is 5.82 Å². The van der Waals surface area contributed by atoms with Gasteiger partial charge in [-0.2, -0.15) is 0 Å². The molecular formula is C15H10BrClFN. The van der Waals surface area contributed by atoms with Gasteiger partial charge in [-0.15, -0.1) is 0 Å². The summed E-state index contributed by atoms with van der Waals surface area (Å²) >= 11 is 9.26. The smallest absolute Gasteiger partial charge is 0.137 e. The topological polar surface area (TPSA) is 4.93 Å². The van der Waals surface area contributed by atoms with E-state index < -0.39 is 0 Å². The molecule has 96 valence electrons. The highest BCUT2D eigenvalue weighted by Gasteiger charge is 2.07. The Kier molecular flexibility index (Phi) is 3.33. The van der Waals surface area contributed by atoms with Crippen molar-refractivity contribution >= 4 is 38.4 Å². The number of halogens is 3. The minimum atomic E-state index is -0.239. The first kappa shape index (κ1) is 12.7. The van der Waals surface area contributed by atoms with Gasteiger partial charge in [0.05, 0.1) is 4.47 Å². The maximum atomic E-state index is 13.5. The van der Waals surface area contributed by atoms with Crippen LogP contribution in [0.5, 0.6) is 0 Å². The van der Waals surface area contributed by atoms with Gasteiger partial charge in [-0.1, -0.05) is 23.7 Å². The lowest BCUT2D eigenvalue weighted by Crippen LogP contribution is -1.99. The molecule has 1 nitrogen and oxygen atoms in total. The fourth-order valence-electron chi connectivity index (χ4n) is 2.16. The maximum Gasteiger partial charge on any atom is 0.137 e. The predicted octanol–water partition coefficient (Wildman–Crippen LogP) is 5.24. The van der Waals surface area contributed by atoms with Gasteiger partial charge >= 0.3 is 0 Å². The molecule has 0 N–H and O–H groups in total. The molecule has 0 saturated heterocycles. The van der Waals surface area contributed by atoms with Crippen molar-refractivity contribution in [3.05, 3.63) is 69.5 Å². The van der Waals surface area contributed by atoms with Crippen molar-refractivity contribution in [3.8, 4) is 0 Å². The zero-order valence-electron chi connectivity index (χ0n) is 9.91. The molecule has 1 heterocycles. The third-order valence-electron chi connectivity index (χ3n) is 3.11. The molecule has 19 heavy (non-hydrogen) atoms. The third-order valence-corrected chi connectivity index (χ3v) is 4.23. The molecule has 0 atom stereocenters. The zero-order chi connectivity index (χ0) is 13.4. The highest BCUT2D eigenvalue weighted by molar-refractivity contribution is 9.10. The van der Waals surface area contributed by atoms with Gasteiger partial charge in [0, 0.05) is 28.7 Å². The first-order valence-corrected chi connectivity index (χ1v) is 6.99. The monoisotopic (exact) mass is 337 g/mol. The number of aromatic nitrogens is 1. The predicted molar refractivity (Wildman–Crippen MR) is 80.2 cm³/mol. The van der Waals surface area contributed by atoms with E-state index in [1.807, 2.05) is 36.5 Å². The maximum absolute atomic E-state index is 13.5. The summed E-state index contributed by atoms with van der Waals surface area (Å²) < 4.78 is 16.1. The second-order valence-corrected chi connectivity index (χ2v) is 5.59. The summed E-state index contributed by atoms with van der Waals surface area (Å²) in [5, 5.41) is 1.80. The first-order valence-electron chi connectivity index (χ1n) is 5.82. The van der Waals surface area contributed by atoms with Gasteiger partial charge in [-0.05, 0) is 51.8 Å². The summed E-state index contributed by atoms with van der Waals surface area (Å²) in [4.78, 5) is 0. The van der Waals surface area contributed by atoms with Gasteiger partial charge in [-0.25, -0.2) is 4.39 Å². The van der Waals surface area contributed by atoms with Gasteiger partial charge in [-0.3, -0.25) is 0 Å². The lowest BCUT2D eigenvalue weighted by molar-refractivity contribution is 0.616. The average Bonchev–Trinajstić information content (AvgIpc) is 2.77. The molecule has 0 fully saturated rings. The van der Waals surface area contributed by atoms with Crippen molar-refractivity contribution < 1.29 is 4.39 Å². The van der Waals surface area contributed by atoms with Gasteiger partial charge in [0.25, 0.3) is 0 Å². The van der Waals surface area contributed by atoms with E-state index in [0.717, 1.165) is 21.5 Å². The normalized spacial score (nSPS) is 11.1. The lowest BCUT2D eigenvalue weighted by atomic mass is 10.2. The van der Waals surface area contributed by atoms with Crippen LogP contribution < -0.4 is 0 Å². The molecular weight excluding hydrogens is 329 g/mol. The van der Waals surface area contributed by atoms with Crippen LogP contribution >= 0.6 is 27.5 Å². The van der Waals surface area contributed by atoms with E-state index in [4.69, 9.17) is 11.6 Å². The van der Waals surface area contributed by atoms with Crippen LogP contribution in [0.15, 0.2) is 53.1 Å². The van der Waals surface area contributed by atoms with Crippen molar-refractivity contribution in [1.82, 2.24) is 4.57 Å². The Labute approximate surface area is 123 Å². The number of hydrogen-bond acceptors (Lipinski definition) is 0. The van der Waals surface area contributed by atoms with E-state index in [1.54, 1.807) is 6.07 Å². The van der Waals surface area contributed by atoms with Gasteiger partial charge in [0.15, 0.2) is 0 Å². The molecule has 0 aliphatic heterocycles. The highest BCUT2D eigenvalue weighted by atomic mass is 79.9. The van der Waals surface area contributed by atoms with Crippen LogP contribution in [-0.2, 0) is 6.54 Å². The van der Waals surface area contributed by atoms with Crippen molar-refractivity contribution in [2.75, 3.05) is 0 Å². The van der Waals surface area contributed by atoms with E-state index in [2.05, 4.69) is 20.5 Å². The Morgan fingerprint density at radius 1 is 1.16 bits per heavy atom. The lowest BCUT2D eigenvalue weighted by Gasteiger charge is -2.08. The average molecular weight is 339 g/mol. The minimum absolute atomic E-state index is 0.239. The number of nitrogens with zero attached hydrogens (tertiary/aromatic N) is 1. The van der Waals surface area contributed by atoms with E-state index in [0.29, 0.717) is 11.0 Å². The molecule has 0 bridgehead atoms. The molecule has 0 radical (unpaired) electrons. The number of rotatable bonds is 2. The Bertz CT molecular complexity index is 751. The van der Waals surface area contributed by atoms with Crippen molar-refractivity contribution in [2.24, 2.45) is 0 Å². The van der Waals surface area contributed by atoms with Gasteiger partial charge < -0.3 is 4.57 Å². The van der Waals surface area contributed by atoms with Crippen molar-refractivity contribution in [3.63, 3.8) is 0 Å². The number of benzene rings is 2. The molecule has 2 aromatic carbocycles. The Morgan fingerprint density at radius 2 is 2.00 bits per heavy atom. The van der Waals surface area contributed by atoms with Crippen LogP contribution in [0, 0.1) is 5.82 Å². The fourth-order valence-corrected chi connectivity index (χ4v) is 2.73. The molecule has 0 aliphatic carbocycles. The Morgan fingerprint density at radius 3 is 2.84 bits per heavy atom. The molecule has 3 aromatic rings. The van der Waals surface area contributed by atoms with Crippen LogP contribution in [0.4, 0.5) is 4.39 Å². The summed E-state index contributed by atoms with van der Waals surface area (Å²) in [5.41, 5.74) is 1.99. The molecule has 0 amide bonds. The molecule has 0 saturated carbocycles. The van der Waals surface area contributed by atoms with E-state index in [1.165, 1.54) is 6.07 Å². The number of hydrogen-bond donors (Lipinski definition) is 0. The summed E-state index contributed by atoms with van der Waals surface area (Å²) in [6, 6.07) is 12.8. The van der Waals surface area contributed by atoms with Gasteiger partial charge in [0.1, 0.15) is 5.82 Å². The van der Waals surface area contributed by atoms with E-state index in [9.17, 15) is 4.39 Å². The summed E-state index contributed by atoms with van der Waals surface area (Å²) in [7, 11) is 0. The molecule has 1 aromatic heterocycles. The van der Waals surface area contributed by atoms with Gasteiger partial charge in [0.2, 0.25) is 0 Å². The van der Waals surface area contributed by atoms with Crippen LogP contribution in [0.25, 0.3) is 10.9 Å². The first-order chi connectivity index (χ1) is 9.15. The van der Waals surface area contributed by atoms with Crippen molar-refractivity contribution in [1.29, 1.82) is 0 Å². The Hall–Kier alpha value is -1.32. The fraction of sp³-hybridized carbons (Fsp3) is 0.0667.